The summed E-state index contributed by atoms with van der Waals surface area (Å²) in [5.74, 6) is -0.426. The largest absolute Gasteiger partial charge is 0.294 e. The van der Waals surface area contributed by atoms with Gasteiger partial charge in [-0.3, -0.25) is 9.59 Å². The number of hydrogen-bond acceptors (Lipinski definition) is 7. The Hall–Kier alpha value is -1.61. The summed E-state index contributed by atoms with van der Waals surface area (Å²) in [6.07, 6.45) is 4.57. The zero-order valence-electron chi connectivity index (χ0n) is 12.4. The van der Waals surface area contributed by atoms with Crippen LogP contribution in [0.2, 0.25) is 0 Å². The highest BCUT2D eigenvalue weighted by molar-refractivity contribution is 7.93. The summed E-state index contributed by atoms with van der Waals surface area (Å²) in [4.78, 5) is 27.5. The number of hydrogen-bond donors (Lipinski definition) is 0. The van der Waals surface area contributed by atoms with Crippen LogP contribution < -0.4 is 5.56 Å². The molecule has 2 aromatic heterocycles. The Labute approximate surface area is 131 Å². The molecule has 0 bridgehead atoms. The summed E-state index contributed by atoms with van der Waals surface area (Å²) in [5, 5.41) is 3.85. The van der Waals surface area contributed by atoms with Crippen molar-refractivity contribution in [3.63, 3.8) is 0 Å². The van der Waals surface area contributed by atoms with E-state index in [2.05, 4.69) is 10.1 Å². The van der Waals surface area contributed by atoms with Crippen molar-refractivity contribution in [1.29, 1.82) is 0 Å². The van der Waals surface area contributed by atoms with Gasteiger partial charge in [-0.05, 0) is 13.3 Å². The van der Waals surface area contributed by atoms with Crippen LogP contribution >= 0.6 is 11.3 Å². The summed E-state index contributed by atoms with van der Waals surface area (Å²) >= 11 is 0.844. The van der Waals surface area contributed by atoms with Crippen LogP contribution in [0.1, 0.15) is 49.9 Å². The smallest absolute Gasteiger partial charge is 0.286 e. The molecular weight excluding hydrogens is 326 g/mol. The molecule has 0 fully saturated rings. The Kier molecular flexibility index (Phi) is 5.07. The lowest BCUT2D eigenvalue weighted by atomic mass is 10.2. The molecule has 0 saturated carbocycles. The SMILES string of the molecule is CCCCCCS(=O)(=O)c1nn2c(=O)c(C(C)=O)cnc2s1. The maximum atomic E-state index is 12.2. The molecule has 9 heteroatoms. The highest BCUT2D eigenvalue weighted by Gasteiger charge is 2.22. The van der Waals surface area contributed by atoms with Crippen molar-refractivity contribution in [3.8, 4) is 0 Å². The third-order valence-corrected chi connectivity index (χ3v) is 6.35. The number of sulfone groups is 1. The second kappa shape index (κ2) is 6.66. The molecule has 0 N–H and O–H groups in total. The van der Waals surface area contributed by atoms with Gasteiger partial charge in [0.2, 0.25) is 19.1 Å². The summed E-state index contributed by atoms with van der Waals surface area (Å²) in [5.41, 5.74) is -0.740. The van der Waals surface area contributed by atoms with Gasteiger partial charge in [-0.25, -0.2) is 13.4 Å². The van der Waals surface area contributed by atoms with Gasteiger partial charge in [0.05, 0.1) is 5.75 Å². The Balaban J connectivity index is 2.35. The predicted molar refractivity (Wildman–Crippen MR) is 83.3 cm³/mol. The van der Waals surface area contributed by atoms with Crippen LogP contribution in [0.3, 0.4) is 0 Å². The van der Waals surface area contributed by atoms with E-state index in [1.165, 1.54) is 6.92 Å². The number of rotatable bonds is 7. The van der Waals surface area contributed by atoms with E-state index < -0.39 is 21.2 Å². The van der Waals surface area contributed by atoms with Crippen molar-refractivity contribution in [1.82, 2.24) is 14.6 Å². The van der Waals surface area contributed by atoms with Crippen molar-refractivity contribution in [2.24, 2.45) is 0 Å². The molecule has 2 aromatic rings. The van der Waals surface area contributed by atoms with Gasteiger partial charge in [0.25, 0.3) is 5.56 Å². The van der Waals surface area contributed by atoms with E-state index in [9.17, 15) is 18.0 Å². The van der Waals surface area contributed by atoms with Crippen LogP contribution in [-0.2, 0) is 9.84 Å². The van der Waals surface area contributed by atoms with E-state index in [1.54, 1.807) is 0 Å². The summed E-state index contributed by atoms with van der Waals surface area (Å²) in [6.45, 7) is 3.30. The maximum absolute atomic E-state index is 12.2. The first kappa shape index (κ1) is 16.8. The molecule has 0 radical (unpaired) electrons. The molecular formula is C13H17N3O4S2. The topological polar surface area (TPSA) is 98.5 Å². The number of carbonyl (C=O) groups is 1. The fraction of sp³-hybridized carbons (Fsp3) is 0.538. The number of ketones is 1. The van der Waals surface area contributed by atoms with Gasteiger partial charge in [-0.2, -0.15) is 4.52 Å². The van der Waals surface area contributed by atoms with Crippen LogP contribution in [0.15, 0.2) is 15.3 Å². The Morgan fingerprint density at radius 2 is 2.05 bits per heavy atom. The van der Waals surface area contributed by atoms with E-state index in [0.717, 1.165) is 41.3 Å². The third kappa shape index (κ3) is 3.41. The minimum absolute atomic E-state index is 0.00113. The minimum atomic E-state index is -3.53. The van der Waals surface area contributed by atoms with E-state index in [4.69, 9.17) is 0 Å². The van der Waals surface area contributed by atoms with Gasteiger partial charge in [0.1, 0.15) is 5.56 Å². The van der Waals surface area contributed by atoms with E-state index in [-0.39, 0.29) is 20.6 Å². The second-order valence-electron chi connectivity index (χ2n) is 4.98. The first-order chi connectivity index (χ1) is 10.4. The fourth-order valence-corrected chi connectivity index (χ4v) is 4.48. The van der Waals surface area contributed by atoms with Gasteiger partial charge in [0, 0.05) is 6.20 Å². The molecule has 2 heterocycles. The Bertz CT molecular complexity index is 852. The molecule has 0 saturated heterocycles. The highest BCUT2D eigenvalue weighted by atomic mass is 32.2. The van der Waals surface area contributed by atoms with Crippen LogP contribution in [0.25, 0.3) is 4.96 Å². The minimum Gasteiger partial charge on any atom is -0.294 e. The lowest BCUT2D eigenvalue weighted by Gasteiger charge is -1.99. The van der Waals surface area contributed by atoms with Gasteiger partial charge in [0.15, 0.2) is 5.78 Å². The molecule has 0 aliphatic carbocycles. The highest BCUT2D eigenvalue weighted by Crippen LogP contribution is 2.19. The Morgan fingerprint density at radius 1 is 1.32 bits per heavy atom. The normalized spacial score (nSPS) is 11.9. The van der Waals surface area contributed by atoms with Gasteiger partial charge >= 0.3 is 0 Å². The lowest BCUT2D eigenvalue weighted by Crippen LogP contribution is -2.22. The first-order valence-corrected chi connectivity index (χ1v) is 9.46. The van der Waals surface area contributed by atoms with Crippen molar-refractivity contribution >= 4 is 31.9 Å². The standard InChI is InChI=1S/C13H17N3O4S2/c1-3-4-5-6-7-22(19,20)13-15-16-11(18)10(9(2)17)8-14-12(16)21-13/h8H,3-7H2,1-2H3. The lowest BCUT2D eigenvalue weighted by molar-refractivity contribution is 0.101. The van der Waals surface area contributed by atoms with Gasteiger partial charge in [-0.15, -0.1) is 5.10 Å². The predicted octanol–water partition coefficient (Wildman–Crippen LogP) is 1.71. The summed E-state index contributed by atoms with van der Waals surface area (Å²) in [6, 6.07) is 0. The molecule has 0 unspecified atom stereocenters. The quantitative estimate of drug-likeness (QED) is 0.560. The molecule has 0 spiro atoms. The van der Waals surface area contributed by atoms with E-state index >= 15 is 0 Å². The van der Waals surface area contributed by atoms with Crippen molar-refractivity contribution < 1.29 is 13.2 Å². The van der Waals surface area contributed by atoms with Crippen LogP contribution in [0.5, 0.6) is 0 Å². The summed E-state index contributed by atoms with van der Waals surface area (Å²) < 4.78 is 25.2. The van der Waals surface area contributed by atoms with Crippen LogP contribution in [0.4, 0.5) is 0 Å². The molecule has 0 aliphatic heterocycles. The zero-order valence-corrected chi connectivity index (χ0v) is 14.0. The molecule has 0 aromatic carbocycles. The number of fused-ring (bicyclic) bond motifs is 1. The monoisotopic (exact) mass is 343 g/mol. The van der Waals surface area contributed by atoms with Crippen molar-refractivity contribution in [2.75, 3.05) is 5.75 Å². The molecule has 0 amide bonds. The molecule has 120 valence electrons. The number of Topliss-reactive ketones (excluding diaryl/α,β-unsaturated/α-hetero) is 1. The number of carbonyl (C=O) groups excluding carboxylic acids is 1. The maximum Gasteiger partial charge on any atom is 0.286 e. The first-order valence-electron chi connectivity index (χ1n) is 6.99. The van der Waals surface area contributed by atoms with E-state index in [0.29, 0.717) is 6.42 Å². The van der Waals surface area contributed by atoms with Crippen molar-refractivity contribution in [2.45, 2.75) is 43.9 Å². The second-order valence-corrected chi connectivity index (χ2v) is 8.21. The average molecular weight is 343 g/mol. The van der Waals surface area contributed by atoms with Gasteiger partial charge < -0.3 is 0 Å². The van der Waals surface area contributed by atoms with E-state index in [1.807, 2.05) is 6.92 Å². The van der Waals surface area contributed by atoms with Crippen molar-refractivity contribution in [3.05, 3.63) is 22.1 Å². The average Bonchev–Trinajstić information content (AvgIpc) is 2.89. The van der Waals surface area contributed by atoms with Crippen LogP contribution in [-0.4, -0.2) is 34.6 Å². The number of nitrogens with zero attached hydrogens (tertiary/aromatic N) is 3. The van der Waals surface area contributed by atoms with Gasteiger partial charge in [-0.1, -0.05) is 37.5 Å². The molecule has 7 nitrogen and oxygen atoms in total. The molecule has 0 atom stereocenters. The number of aromatic nitrogens is 3. The zero-order chi connectivity index (χ0) is 16.3. The fourth-order valence-electron chi connectivity index (χ4n) is 1.94. The third-order valence-electron chi connectivity index (χ3n) is 3.18. The molecule has 2 rings (SSSR count). The number of unbranched alkanes of at least 4 members (excludes halogenated alkanes) is 3. The summed E-state index contributed by atoms with van der Waals surface area (Å²) in [7, 11) is -3.53. The van der Waals surface area contributed by atoms with Crippen LogP contribution in [0, 0.1) is 0 Å². The Morgan fingerprint density at radius 3 is 2.68 bits per heavy atom. The molecule has 22 heavy (non-hydrogen) atoms. The molecule has 0 aliphatic rings.